The molecule has 0 bridgehead atoms. The van der Waals surface area contributed by atoms with Gasteiger partial charge in [-0.25, -0.2) is 40.7 Å². The van der Waals surface area contributed by atoms with E-state index in [4.69, 9.17) is 32.7 Å². The summed E-state index contributed by atoms with van der Waals surface area (Å²) in [6.07, 6.45) is 2.00. The molecule has 0 unspecified atom stereocenters. The van der Waals surface area contributed by atoms with Crippen LogP contribution in [-0.4, -0.2) is 86.8 Å². The molecule has 0 aliphatic rings. The van der Waals surface area contributed by atoms with Gasteiger partial charge in [0.15, 0.2) is 14.9 Å². The fourth-order valence-corrected chi connectivity index (χ4v) is 7.46. The van der Waals surface area contributed by atoms with Crippen LogP contribution in [0.4, 0.5) is 25.2 Å². The number of aryl methyl sites for hydroxylation is 1. The van der Waals surface area contributed by atoms with Crippen LogP contribution in [0.3, 0.4) is 0 Å². The molecule has 0 saturated carbocycles. The zero-order valence-corrected chi connectivity index (χ0v) is 30.7. The Morgan fingerprint density at radius 2 is 1.61 bits per heavy atom. The molecule has 4 rings (SSSR count). The smallest absolute Gasteiger partial charge is 0.355 e. The monoisotopic (exact) mass is 817 g/mol. The highest BCUT2D eigenvalue weighted by Gasteiger charge is 2.29. The van der Waals surface area contributed by atoms with Crippen molar-refractivity contribution in [2.75, 3.05) is 36.3 Å². The molecule has 0 fully saturated rings. The number of hydrogen-bond acceptors (Lipinski definition) is 14. The largest absolute Gasteiger partial charge is 0.481 e. The second-order valence-electron chi connectivity index (χ2n) is 9.59. The Hall–Kier alpha value is -4.65. The lowest BCUT2D eigenvalue weighted by Crippen LogP contribution is -2.36. The number of halogens is 4. The highest BCUT2D eigenvalue weighted by Crippen LogP contribution is 2.31. The number of amides is 2. The number of nitrogens with one attached hydrogen (secondary N) is 3. The number of ether oxygens (including phenoxy) is 2. The van der Waals surface area contributed by atoms with Crippen molar-refractivity contribution in [1.82, 2.24) is 34.0 Å². The van der Waals surface area contributed by atoms with E-state index < -0.39 is 58.1 Å². The molecule has 2 amide bonds. The fourth-order valence-electron chi connectivity index (χ4n) is 3.77. The van der Waals surface area contributed by atoms with Crippen molar-refractivity contribution in [2.45, 2.75) is 30.3 Å². The molecule has 3 aromatic heterocycles. The summed E-state index contributed by atoms with van der Waals surface area (Å²) in [6.45, 7) is -0.494. The van der Waals surface area contributed by atoms with Crippen molar-refractivity contribution in [3.8, 4) is 17.4 Å². The lowest BCUT2D eigenvalue weighted by atomic mass is 10.3. The van der Waals surface area contributed by atoms with Gasteiger partial charge in [-0.1, -0.05) is 30.1 Å². The van der Waals surface area contributed by atoms with Crippen LogP contribution >= 0.6 is 23.2 Å². The minimum atomic E-state index is -4.61. The van der Waals surface area contributed by atoms with Crippen molar-refractivity contribution < 1.29 is 48.3 Å². The molecule has 0 aliphatic heterocycles. The summed E-state index contributed by atoms with van der Waals surface area (Å²) < 4.78 is 112. The number of sulfone groups is 1. The number of carbonyl (C=O) groups is 1. The van der Waals surface area contributed by atoms with E-state index in [1.54, 1.807) is 4.72 Å². The van der Waals surface area contributed by atoms with Crippen LogP contribution in [0, 0.1) is 6.92 Å². The van der Waals surface area contributed by atoms with Crippen molar-refractivity contribution in [3.63, 3.8) is 0 Å². The number of hydrogen-bond donors (Lipinski definition) is 3. The predicted molar refractivity (Wildman–Crippen MR) is 179 cm³/mol. The maximum atomic E-state index is 12.8. The molecule has 0 atom stereocenters. The molecule has 51 heavy (non-hydrogen) atoms. The zero-order valence-electron chi connectivity index (χ0n) is 26.8. The number of rotatable bonds is 11. The van der Waals surface area contributed by atoms with Crippen LogP contribution in [0.15, 0.2) is 51.2 Å². The number of sulfonamides is 2. The molecule has 0 spiro atoms. The van der Waals surface area contributed by atoms with E-state index in [9.17, 15) is 43.6 Å². The summed E-state index contributed by atoms with van der Waals surface area (Å²) in [5.74, 6) is -0.748. The molecule has 0 saturated heterocycles. The average molecular weight is 819 g/mol. The van der Waals surface area contributed by atoms with Gasteiger partial charge in [-0.2, -0.15) is 31.8 Å². The second kappa shape index (κ2) is 16.1. The fraction of sp³-hybridized carbons (Fsp3) is 0.280. The van der Waals surface area contributed by atoms with Crippen LogP contribution in [0.1, 0.15) is 19.3 Å². The van der Waals surface area contributed by atoms with Crippen molar-refractivity contribution in [3.05, 3.63) is 62.9 Å². The van der Waals surface area contributed by atoms with Crippen LogP contribution in [-0.2, 0) is 29.9 Å². The van der Waals surface area contributed by atoms with E-state index >= 15 is 0 Å². The average Bonchev–Trinajstić information content (AvgIpc) is 3.34. The molecule has 4 aromatic rings. The van der Waals surface area contributed by atoms with Crippen molar-refractivity contribution in [1.29, 1.82) is 0 Å². The van der Waals surface area contributed by atoms with Gasteiger partial charge >= 0.3 is 18.3 Å². The minimum Gasteiger partial charge on any atom is -0.481 e. The molecule has 0 aliphatic carbocycles. The summed E-state index contributed by atoms with van der Waals surface area (Å²) >= 11 is 11.8. The summed E-state index contributed by atoms with van der Waals surface area (Å²) in [5.41, 5.74) is -1.27. The maximum Gasteiger partial charge on any atom is 0.355 e. The molecule has 278 valence electrons. The first-order valence-corrected chi connectivity index (χ1v) is 19.3. The number of pyridine rings is 1. The molecule has 3 N–H and O–H groups in total. The number of carbonyl (C=O) groups excluding carboxylic acids is 1. The highest BCUT2D eigenvalue weighted by atomic mass is 35.5. The third-order valence-electron chi connectivity index (χ3n) is 5.99. The summed E-state index contributed by atoms with van der Waals surface area (Å²) in [6, 6.07) is 4.78. The molecule has 1 aromatic carbocycles. The third-order valence-corrected chi connectivity index (χ3v) is 10.4. The van der Waals surface area contributed by atoms with E-state index in [0.29, 0.717) is 4.68 Å². The first kappa shape index (κ1) is 40.8. The molecule has 19 nitrogen and oxygen atoms in total. The van der Waals surface area contributed by atoms with E-state index in [1.165, 1.54) is 46.3 Å². The number of methoxy groups -OCH3 is 2. The molecular formula is C25H27Cl2F2N9O10S3. The second-order valence-corrected chi connectivity index (χ2v) is 16.0. The SMILES string of the molecule is CCS(=O)(=O)c1cccnc1S(=O)(=O)NC(=O)Nc1nc(OC)cc(OC)n1.Cc1nn(-c2cc(NS(C)(=O)=O)c(Cl)cc2Cl)c(=O)n1C(F)F. The Morgan fingerprint density at radius 1 is 1.00 bits per heavy atom. The predicted octanol–water partition coefficient (Wildman–Crippen LogP) is 2.61. The minimum absolute atomic E-state index is 0.0257. The Morgan fingerprint density at radius 3 is 2.12 bits per heavy atom. The van der Waals surface area contributed by atoms with Crippen molar-refractivity contribution >= 4 is 70.8 Å². The number of urea groups is 1. The van der Waals surface area contributed by atoms with Gasteiger partial charge in [0.25, 0.3) is 10.0 Å². The summed E-state index contributed by atoms with van der Waals surface area (Å²) in [5, 5.41) is 4.93. The van der Waals surface area contributed by atoms with Crippen LogP contribution in [0.25, 0.3) is 5.69 Å². The number of alkyl halides is 2. The van der Waals surface area contributed by atoms with Gasteiger partial charge in [0.05, 0.1) is 53.7 Å². The van der Waals surface area contributed by atoms with E-state index in [1.807, 2.05) is 0 Å². The summed E-state index contributed by atoms with van der Waals surface area (Å²) in [4.78, 5) is 34.8. The number of benzene rings is 1. The zero-order chi connectivity index (χ0) is 38.5. The lowest BCUT2D eigenvalue weighted by Gasteiger charge is -2.11. The standard InChI is InChI=1S/C14H17N5O7S2.C11H10Cl2F2N4O3S/c1-4-27(21,22)9-6-5-7-15-12(9)28(23,24)19-14(20)18-13-16-10(25-2)8-11(17-13)26-3;1-5-16-19(11(20)18(5)10(14)15)9-4-8(17-23(2,21)22)6(12)3-7(9)13/h5-8H,4H2,1-3H3,(H2,16,17,18,19,20);3-4,10,17H,1-2H3. The van der Waals surface area contributed by atoms with Gasteiger partial charge in [-0.15, -0.1) is 5.10 Å². The summed E-state index contributed by atoms with van der Waals surface area (Å²) in [7, 11) is -9.50. The van der Waals surface area contributed by atoms with Crippen LogP contribution in [0.5, 0.6) is 11.8 Å². The Labute approximate surface area is 299 Å². The van der Waals surface area contributed by atoms with Gasteiger partial charge in [0, 0.05) is 6.20 Å². The number of anilines is 2. The number of nitrogens with zero attached hydrogens (tertiary/aromatic N) is 6. The van der Waals surface area contributed by atoms with Gasteiger partial charge < -0.3 is 9.47 Å². The van der Waals surface area contributed by atoms with E-state index in [0.717, 1.165) is 24.6 Å². The van der Waals surface area contributed by atoms with Gasteiger partial charge in [-0.3, -0.25) is 10.0 Å². The molecule has 3 heterocycles. The number of aromatic nitrogens is 6. The van der Waals surface area contributed by atoms with Gasteiger partial charge in [0.1, 0.15) is 10.7 Å². The molecular weight excluding hydrogens is 791 g/mol. The molecule has 26 heteroatoms. The van der Waals surface area contributed by atoms with Crippen molar-refractivity contribution in [2.24, 2.45) is 0 Å². The Kier molecular flexibility index (Phi) is 12.9. The van der Waals surface area contributed by atoms with Gasteiger partial charge in [0.2, 0.25) is 27.7 Å². The van der Waals surface area contributed by atoms with E-state index in [2.05, 4.69) is 30.1 Å². The normalized spacial score (nSPS) is 11.7. The highest BCUT2D eigenvalue weighted by molar-refractivity contribution is 7.93. The first-order chi connectivity index (χ1) is 23.6. The Bertz CT molecular complexity index is 2320. The quantitative estimate of drug-likeness (QED) is 0.197. The maximum absolute atomic E-state index is 12.8. The molecule has 0 radical (unpaired) electrons. The van der Waals surface area contributed by atoms with Crippen LogP contribution in [0.2, 0.25) is 10.0 Å². The van der Waals surface area contributed by atoms with Crippen LogP contribution < -0.4 is 29.9 Å². The first-order valence-electron chi connectivity index (χ1n) is 13.6. The third kappa shape index (κ3) is 10.2. The van der Waals surface area contributed by atoms with E-state index in [-0.39, 0.29) is 55.3 Å². The Balaban J connectivity index is 0.000000281. The topological polar surface area (TPSA) is 253 Å². The van der Waals surface area contributed by atoms with Gasteiger partial charge in [-0.05, 0) is 31.2 Å². The lowest BCUT2D eigenvalue weighted by molar-refractivity contribution is 0.0640.